The van der Waals surface area contributed by atoms with E-state index in [1.54, 1.807) is 6.07 Å². The molecule has 2 aromatic carbocycles. The van der Waals surface area contributed by atoms with Crippen molar-refractivity contribution < 1.29 is 19.6 Å². The molecule has 11 heteroatoms. The first kappa shape index (κ1) is 19.7. The largest absolute Gasteiger partial charge is 0.480 e. The second-order valence-electron chi connectivity index (χ2n) is 6.16. The van der Waals surface area contributed by atoms with Gasteiger partial charge in [0.05, 0.1) is 10.6 Å². The SMILES string of the molecule is NC(=O)NN1c2cc(Cl)cc(Cl)c2C(c2cccc([N+](=O)[O-])c2)CC1C(=O)O. The van der Waals surface area contributed by atoms with Crippen molar-refractivity contribution in [2.75, 3.05) is 5.01 Å². The van der Waals surface area contributed by atoms with E-state index in [-0.39, 0.29) is 27.8 Å². The van der Waals surface area contributed by atoms with Crippen LogP contribution in [0.3, 0.4) is 0 Å². The monoisotopic (exact) mass is 424 g/mol. The number of nitro groups is 1. The number of hydrogen-bond acceptors (Lipinski definition) is 5. The lowest BCUT2D eigenvalue weighted by atomic mass is 9.81. The first-order valence-electron chi connectivity index (χ1n) is 8.00. The number of amides is 2. The Labute approximate surface area is 168 Å². The number of nitrogens with one attached hydrogen (secondary N) is 1. The molecule has 2 unspecified atom stereocenters. The summed E-state index contributed by atoms with van der Waals surface area (Å²) in [6, 6.07) is 6.67. The zero-order valence-corrected chi connectivity index (χ0v) is 15.6. The van der Waals surface area contributed by atoms with Crippen LogP contribution in [0.5, 0.6) is 0 Å². The van der Waals surface area contributed by atoms with Crippen molar-refractivity contribution in [2.45, 2.75) is 18.4 Å². The van der Waals surface area contributed by atoms with Crippen LogP contribution in [-0.4, -0.2) is 28.1 Å². The molecule has 0 fully saturated rings. The summed E-state index contributed by atoms with van der Waals surface area (Å²) in [4.78, 5) is 33.9. The number of carbonyl (C=O) groups is 2. The highest BCUT2D eigenvalue weighted by atomic mass is 35.5. The van der Waals surface area contributed by atoms with Crippen molar-refractivity contribution in [1.82, 2.24) is 5.43 Å². The van der Waals surface area contributed by atoms with E-state index in [1.807, 2.05) is 0 Å². The van der Waals surface area contributed by atoms with Crippen LogP contribution >= 0.6 is 23.2 Å². The predicted molar refractivity (Wildman–Crippen MR) is 103 cm³/mol. The summed E-state index contributed by atoms with van der Waals surface area (Å²) in [5, 5.41) is 22.4. The summed E-state index contributed by atoms with van der Waals surface area (Å²) in [5.74, 6) is -1.79. The minimum absolute atomic E-state index is 0.00880. The number of non-ortho nitro benzene ring substituents is 1. The number of hydrogen-bond donors (Lipinski definition) is 3. The molecule has 0 bridgehead atoms. The number of carboxylic acid groups (broad SMARTS) is 1. The molecule has 9 nitrogen and oxygen atoms in total. The van der Waals surface area contributed by atoms with Gasteiger partial charge in [0.25, 0.3) is 5.69 Å². The lowest BCUT2D eigenvalue weighted by Gasteiger charge is -2.40. The molecule has 28 heavy (non-hydrogen) atoms. The number of hydrazine groups is 1. The summed E-state index contributed by atoms with van der Waals surface area (Å²) < 4.78 is 0. The normalized spacial score (nSPS) is 18.3. The number of halogens is 2. The standard InChI is InChI=1S/C17H14Cl2N4O5/c18-9-5-12(19)15-11(8-2-1-3-10(4-8)23(27)28)7-14(16(24)25)22(13(15)6-9)21-17(20)26/h1-6,11,14H,7H2,(H,24,25)(H3,20,21,26). The van der Waals surface area contributed by atoms with Crippen LogP contribution in [0.1, 0.15) is 23.5 Å². The lowest BCUT2D eigenvalue weighted by Crippen LogP contribution is -2.56. The minimum atomic E-state index is -1.22. The van der Waals surface area contributed by atoms with Crippen molar-refractivity contribution in [3.8, 4) is 0 Å². The van der Waals surface area contributed by atoms with Crippen molar-refractivity contribution in [2.24, 2.45) is 5.73 Å². The Morgan fingerprint density at radius 1 is 1.29 bits per heavy atom. The van der Waals surface area contributed by atoms with E-state index in [0.29, 0.717) is 11.1 Å². The second-order valence-corrected chi connectivity index (χ2v) is 7.00. The van der Waals surface area contributed by atoms with Crippen LogP contribution < -0.4 is 16.2 Å². The Bertz CT molecular complexity index is 984. The Hall–Kier alpha value is -3.04. The first-order chi connectivity index (χ1) is 13.2. The number of nitrogens with two attached hydrogens (primary N) is 1. The number of carbonyl (C=O) groups excluding carboxylic acids is 1. The number of primary amides is 1. The van der Waals surface area contributed by atoms with Gasteiger partial charge in [-0.2, -0.15) is 0 Å². The zero-order valence-electron chi connectivity index (χ0n) is 14.1. The first-order valence-corrected chi connectivity index (χ1v) is 8.76. The number of anilines is 1. The van der Waals surface area contributed by atoms with Crippen LogP contribution in [0, 0.1) is 10.1 Å². The maximum atomic E-state index is 11.9. The predicted octanol–water partition coefficient (Wildman–Crippen LogP) is 3.28. The molecular weight excluding hydrogens is 411 g/mol. The molecule has 0 aromatic heterocycles. The topological polar surface area (TPSA) is 139 Å². The molecule has 1 aliphatic rings. The van der Waals surface area contributed by atoms with Gasteiger partial charge in [-0.1, -0.05) is 35.3 Å². The highest BCUT2D eigenvalue weighted by Gasteiger charge is 2.40. The third-order valence-electron chi connectivity index (χ3n) is 4.45. The summed E-state index contributed by atoms with van der Waals surface area (Å²) in [5.41, 5.74) is 8.61. The number of aliphatic carboxylic acids is 1. The Morgan fingerprint density at radius 2 is 2.00 bits per heavy atom. The molecule has 1 heterocycles. The maximum Gasteiger partial charge on any atom is 0.331 e. The number of nitrogens with zero attached hydrogens (tertiary/aromatic N) is 2. The van der Waals surface area contributed by atoms with Gasteiger partial charge in [0.1, 0.15) is 6.04 Å². The molecule has 0 saturated carbocycles. The molecule has 2 atom stereocenters. The molecule has 0 aliphatic carbocycles. The summed E-state index contributed by atoms with van der Waals surface area (Å²) in [6.45, 7) is 0. The third kappa shape index (κ3) is 3.67. The van der Waals surface area contributed by atoms with Gasteiger partial charge in [-0.3, -0.25) is 15.1 Å². The van der Waals surface area contributed by atoms with Gasteiger partial charge in [0.15, 0.2) is 0 Å². The number of carboxylic acids is 1. The van der Waals surface area contributed by atoms with E-state index < -0.39 is 28.9 Å². The van der Waals surface area contributed by atoms with Gasteiger partial charge >= 0.3 is 12.0 Å². The molecular formula is C17H14Cl2N4O5. The molecule has 2 aromatic rings. The summed E-state index contributed by atoms with van der Waals surface area (Å²) in [6.07, 6.45) is -0.00880. The van der Waals surface area contributed by atoms with Crippen molar-refractivity contribution in [1.29, 1.82) is 0 Å². The van der Waals surface area contributed by atoms with E-state index >= 15 is 0 Å². The van der Waals surface area contributed by atoms with Crippen LogP contribution in [0.2, 0.25) is 10.0 Å². The fourth-order valence-corrected chi connectivity index (χ4v) is 3.97. The van der Waals surface area contributed by atoms with Crippen molar-refractivity contribution in [3.05, 3.63) is 67.7 Å². The highest BCUT2D eigenvalue weighted by Crippen LogP contribution is 2.46. The number of rotatable bonds is 4. The van der Waals surface area contributed by atoms with Crippen molar-refractivity contribution in [3.63, 3.8) is 0 Å². The third-order valence-corrected chi connectivity index (χ3v) is 4.98. The smallest absolute Gasteiger partial charge is 0.331 e. The molecule has 3 rings (SSSR count). The second kappa shape index (κ2) is 7.53. The number of urea groups is 1. The van der Waals surface area contributed by atoms with Crippen LogP contribution in [0.15, 0.2) is 36.4 Å². The Kier molecular flexibility index (Phi) is 5.30. The average Bonchev–Trinajstić information content (AvgIpc) is 2.61. The van der Waals surface area contributed by atoms with E-state index in [1.165, 1.54) is 30.3 Å². The van der Waals surface area contributed by atoms with Gasteiger partial charge in [0.2, 0.25) is 0 Å². The van der Waals surface area contributed by atoms with Gasteiger partial charge in [-0.05, 0) is 24.1 Å². The molecule has 0 radical (unpaired) electrons. The van der Waals surface area contributed by atoms with E-state index in [0.717, 1.165) is 5.01 Å². The fourth-order valence-electron chi connectivity index (χ4n) is 3.36. The zero-order chi connectivity index (χ0) is 20.6. The maximum absolute atomic E-state index is 11.9. The Morgan fingerprint density at radius 3 is 2.61 bits per heavy atom. The van der Waals surface area contributed by atoms with Gasteiger partial charge in [-0.25, -0.2) is 15.0 Å². The molecule has 146 valence electrons. The van der Waals surface area contributed by atoms with Gasteiger partial charge < -0.3 is 10.8 Å². The number of nitro benzene ring substituents is 1. The number of fused-ring (bicyclic) bond motifs is 1. The lowest BCUT2D eigenvalue weighted by molar-refractivity contribution is -0.384. The Balaban J connectivity index is 2.22. The number of benzene rings is 2. The molecule has 1 aliphatic heterocycles. The molecule has 0 saturated heterocycles. The van der Waals surface area contributed by atoms with Crippen LogP contribution in [-0.2, 0) is 4.79 Å². The minimum Gasteiger partial charge on any atom is -0.480 e. The molecule has 4 N–H and O–H groups in total. The van der Waals surface area contributed by atoms with E-state index in [2.05, 4.69) is 5.43 Å². The molecule has 2 amide bonds. The molecule has 0 spiro atoms. The van der Waals surface area contributed by atoms with Crippen LogP contribution in [0.25, 0.3) is 0 Å². The van der Waals surface area contributed by atoms with E-state index in [4.69, 9.17) is 28.9 Å². The van der Waals surface area contributed by atoms with Gasteiger partial charge in [-0.15, -0.1) is 0 Å². The van der Waals surface area contributed by atoms with Crippen LogP contribution in [0.4, 0.5) is 16.2 Å². The summed E-state index contributed by atoms with van der Waals surface area (Å²) >= 11 is 12.5. The fraction of sp³-hybridized carbons (Fsp3) is 0.176. The quantitative estimate of drug-likeness (QED) is 0.508. The summed E-state index contributed by atoms with van der Waals surface area (Å²) in [7, 11) is 0. The van der Waals surface area contributed by atoms with E-state index in [9.17, 15) is 24.8 Å². The van der Waals surface area contributed by atoms with Gasteiger partial charge in [0, 0.05) is 33.7 Å². The average molecular weight is 425 g/mol. The highest BCUT2D eigenvalue weighted by molar-refractivity contribution is 6.35. The van der Waals surface area contributed by atoms with Crippen molar-refractivity contribution >= 4 is 46.6 Å².